The van der Waals surface area contributed by atoms with Crippen molar-refractivity contribution < 1.29 is 28.0 Å². The molecule has 0 unspecified atom stereocenters. The number of hydrogen-bond acceptors (Lipinski definition) is 11. The van der Waals surface area contributed by atoms with Crippen LogP contribution in [-0.4, -0.2) is 98.6 Å². The fourth-order valence-corrected chi connectivity index (χ4v) is 10.4. The lowest BCUT2D eigenvalue weighted by Gasteiger charge is -2.33. The summed E-state index contributed by atoms with van der Waals surface area (Å²) in [4.78, 5) is 74.2. The number of anilines is 2. The van der Waals surface area contributed by atoms with Gasteiger partial charge in [0.2, 0.25) is 0 Å². The Labute approximate surface area is 452 Å². The zero-order valence-corrected chi connectivity index (χ0v) is 43.3. The van der Waals surface area contributed by atoms with Crippen molar-refractivity contribution in [2.75, 3.05) is 30.3 Å². The Kier molecular flexibility index (Phi) is 14.9. The highest BCUT2D eigenvalue weighted by atomic mass is 35.5. The second kappa shape index (κ2) is 22.2. The molecule has 0 aliphatic carbocycles. The third kappa shape index (κ3) is 10.5. The number of carbonyl (C=O) groups excluding carboxylic acids is 4. The number of benzene rings is 2. The molecule has 2 aliphatic heterocycles. The zero-order chi connectivity index (χ0) is 54.7. The van der Waals surface area contributed by atoms with Gasteiger partial charge in [-0.3, -0.25) is 38.5 Å². The van der Waals surface area contributed by atoms with Gasteiger partial charge in [0.05, 0.1) is 40.2 Å². The molecule has 0 saturated carbocycles. The summed E-state index contributed by atoms with van der Waals surface area (Å²) in [5.74, 6) is 1.09. The molecular formula is C58H50ClF2N13O4. The highest BCUT2D eigenvalue weighted by molar-refractivity contribution is 6.35. The monoisotopic (exact) mass is 1070 g/mol. The molecule has 2 saturated heterocycles. The van der Waals surface area contributed by atoms with E-state index in [1.165, 1.54) is 30.7 Å². The molecule has 8 heterocycles. The topological polar surface area (TPSA) is 210 Å². The van der Waals surface area contributed by atoms with Crippen molar-refractivity contribution in [2.24, 2.45) is 0 Å². The average Bonchev–Trinajstić information content (AvgIpc) is 4.22. The number of fused-ring (bicyclic) bond motifs is 2. The molecule has 4 amide bonds. The van der Waals surface area contributed by atoms with Crippen molar-refractivity contribution in [1.29, 1.82) is 5.26 Å². The van der Waals surface area contributed by atoms with Crippen molar-refractivity contribution >= 4 is 74.2 Å². The summed E-state index contributed by atoms with van der Waals surface area (Å²) in [7, 11) is 0. The second-order valence-corrected chi connectivity index (χ2v) is 19.5. The lowest BCUT2D eigenvalue weighted by molar-refractivity contribution is -0.127. The maximum atomic E-state index is 14.6. The largest absolute Gasteiger partial charge is 0.337 e. The molecule has 2 N–H and O–H groups in total. The van der Waals surface area contributed by atoms with E-state index in [2.05, 4.69) is 55.1 Å². The summed E-state index contributed by atoms with van der Waals surface area (Å²) in [6, 6.07) is 21.0. The maximum absolute atomic E-state index is 14.6. The molecule has 2 aromatic carbocycles. The van der Waals surface area contributed by atoms with Gasteiger partial charge in [-0.1, -0.05) is 61.7 Å². The molecule has 0 radical (unpaired) electrons. The van der Waals surface area contributed by atoms with Crippen molar-refractivity contribution in [3.05, 3.63) is 149 Å². The highest BCUT2D eigenvalue weighted by Crippen LogP contribution is 2.37. The predicted molar refractivity (Wildman–Crippen MR) is 291 cm³/mol. The number of alkyl halides is 2. The van der Waals surface area contributed by atoms with Crippen molar-refractivity contribution in [2.45, 2.75) is 76.9 Å². The van der Waals surface area contributed by atoms with Gasteiger partial charge in [0.25, 0.3) is 29.6 Å². The Morgan fingerprint density at radius 3 is 2.12 bits per heavy atom. The number of carbonyl (C=O) groups is 4. The minimum absolute atomic E-state index is 0.00102. The molecule has 0 bridgehead atoms. The van der Waals surface area contributed by atoms with E-state index in [0.717, 1.165) is 23.8 Å². The summed E-state index contributed by atoms with van der Waals surface area (Å²) in [6.07, 6.45) is 12.0. The molecule has 392 valence electrons. The molecule has 0 spiro atoms. The van der Waals surface area contributed by atoms with E-state index in [4.69, 9.17) is 21.8 Å². The van der Waals surface area contributed by atoms with Crippen LogP contribution in [0.3, 0.4) is 0 Å². The first-order chi connectivity index (χ1) is 37.7. The summed E-state index contributed by atoms with van der Waals surface area (Å²) < 4.78 is 32.8. The standard InChI is InChI=1S/C58H50ClF2N13O4/c1-4-8-50(75)72-25-7-9-43(72)34-73-54-46(31-64-32-47(54)59)51(69-73)36-11-15-38(16-12-36)55(76)67-48-20-19-40(29-66-48)35(3)57(78)71-24-6-10-44(33-71)74-53-41(27-62)28-63-30-45(53)52(70-74)37-13-17-39(18-14-37)56(77)68-49-26-42(21-23-65-49)58(60,61)22-5-2/h11-21,23,26,28-32,43-44H,3,5-7,9-10,22,24-25,33-34H2,1-2H3,(H,65,68,77)(H,66,67,76)/t43-,44-/m1/s1. The van der Waals surface area contributed by atoms with Crippen molar-refractivity contribution in [1.82, 2.24) is 49.3 Å². The number of rotatable bonds is 14. The fraction of sp³-hybridized carbons (Fsp3) is 0.259. The quantitative estimate of drug-likeness (QED) is 0.0773. The van der Waals surface area contributed by atoms with Crippen LogP contribution < -0.4 is 10.6 Å². The van der Waals surface area contributed by atoms with E-state index in [1.54, 1.807) is 108 Å². The summed E-state index contributed by atoms with van der Waals surface area (Å²) >= 11 is 6.68. The molecule has 6 aromatic heterocycles. The normalized spacial score (nSPS) is 15.4. The number of amides is 4. The van der Waals surface area contributed by atoms with Gasteiger partial charge in [-0.15, -0.1) is 0 Å². The molecule has 2 fully saturated rings. The van der Waals surface area contributed by atoms with E-state index >= 15 is 0 Å². The fourth-order valence-electron chi connectivity index (χ4n) is 10.2. The SMILES string of the molecule is C=C(C(=O)N1CCC[C@@H](n2nc(-c3ccc(C(=O)Nc4cc(C(F)(F)CCC)ccn4)cc3)c3cncc(C#N)c32)C1)c1ccc(NC(=O)c2ccc(-c3nn(C[C@H]4CCCN4C(=O)C#CC)c4c(Cl)cncc34)cc2)nc1. The van der Waals surface area contributed by atoms with Gasteiger partial charge in [0.15, 0.2) is 0 Å². The van der Waals surface area contributed by atoms with Gasteiger partial charge >= 0.3 is 0 Å². The molecule has 20 heteroatoms. The number of halogens is 3. The van der Waals surface area contributed by atoms with Crippen LogP contribution in [0.15, 0.2) is 117 Å². The zero-order valence-electron chi connectivity index (χ0n) is 42.5. The average molecular weight is 1070 g/mol. The number of nitrogens with zero attached hydrogens (tertiary/aromatic N) is 11. The van der Waals surface area contributed by atoms with Crippen LogP contribution in [0.25, 0.3) is 49.9 Å². The Balaban J connectivity index is 0.792. The van der Waals surface area contributed by atoms with E-state index in [-0.39, 0.29) is 71.6 Å². The van der Waals surface area contributed by atoms with Gasteiger partial charge in [-0.05, 0) is 87.1 Å². The minimum Gasteiger partial charge on any atom is -0.337 e. The van der Waals surface area contributed by atoms with Crippen LogP contribution in [-0.2, 0) is 22.1 Å². The predicted octanol–water partition coefficient (Wildman–Crippen LogP) is 10.1. The van der Waals surface area contributed by atoms with Gasteiger partial charge in [-0.25, -0.2) is 18.7 Å². The first-order valence-corrected chi connectivity index (χ1v) is 25.7. The summed E-state index contributed by atoms with van der Waals surface area (Å²) in [5, 5.41) is 27.3. The number of pyridine rings is 4. The Hall–Kier alpha value is -9.20. The van der Waals surface area contributed by atoms with E-state index in [0.29, 0.717) is 87.6 Å². The van der Waals surface area contributed by atoms with Gasteiger partial charge < -0.3 is 20.4 Å². The van der Waals surface area contributed by atoms with Crippen molar-refractivity contribution in [3.8, 4) is 40.4 Å². The first-order valence-electron chi connectivity index (χ1n) is 25.4. The summed E-state index contributed by atoms with van der Waals surface area (Å²) in [5.41, 5.74) is 5.12. The number of piperidine rings is 1. The molecular weight excluding hydrogens is 1020 g/mol. The number of nitrogens with one attached hydrogen (secondary N) is 2. The molecule has 17 nitrogen and oxygen atoms in total. The lowest BCUT2D eigenvalue weighted by Crippen LogP contribution is -2.41. The first kappa shape index (κ1) is 52.3. The summed E-state index contributed by atoms with van der Waals surface area (Å²) in [6.45, 7) is 9.22. The van der Waals surface area contributed by atoms with E-state index in [9.17, 15) is 33.2 Å². The highest BCUT2D eigenvalue weighted by Gasteiger charge is 2.33. The van der Waals surface area contributed by atoms with Crippen LogP contribution in [0.1, 0.15) is 95.8 Å². The van der Waals surface area contributed by atoms with Crippen LogP contribution in [0.4, 0.5) is 20.4 Å². The molecule has 10 rings (SSSR count). The smallest absolute Gasteiger partial charge is 0.298 e. The van der Waals surface area contributed by atoms with E-state index in [1.807, 2.05) is 4.68 Å². The van der Waals surface area contributed by atoms with Gasteiger partial charge in [0, 0.05) is 113 Å². The van der Waals surface area contributed by atoms with Crippen LogP contribution in [0.5, 0.6) is 0 Å². The number of aromatic nitrogens is 8. The van der Waals surface area contributed by atoms with Gasteiger partial charge in [-0.2, -0.15) is 15.5 Å². The third-order valence-corrected chi connectivity index (χ3v) is 14.3. The van der Waals surface area contributed by atoms with Crippen LogP contribution in [0, 0.1) is 23.2 Å². The lowest BCUT2D eigenvalue weighted by atomic mass is 10.0. The molecule has 78 heavy (non-hydrogen) atoms. The van der Waals surface area contributed by atoms with Crippen LogP contribution in [0.2, 0.25) is 5.02 Å². The Morgan fingerprint density at radius 2 is 1.45 bits per heavy atom. The molecule has 8 aromatic rings. The third-order valence-electron chi connectivity index (χ3n) is 14.1. The maximum Gasteiger partial charge on any atom is 0.298 e. The Bertz CT molecular complexity index is 3770. The van der Waals surface area contributed by atoms with Gasteiger partial charge in [0.1, 0.15) is 29.1 Å². The number of likely N-dealkylation sites (tertiary alicyclic amines) is 2. The van der Waals surface area contributed by atoms with Crippen LogP contribution >= 0.6 is 11.6 Å². The minimum atomic E-state index is -3.06. The Morgan fingerprint density at radius 1 is 0.795 bits per heavy atom. The van der Waals surface area contributed by atoms with Crippen molar-refractivity contribution in [3.63, 3.8) is 0 Å². The number of nitriles is 1. The number of hydrogen-bond donors (Lipinski definition) is 2. The molecule has 2 atom stereocenters. The molecule has 2 aliphatic rings. The second-order valence-electron chi connectivity index (χ2n) is 19.1. The van der Waals surface area contributed by atoms with E-state index < -0.39 is 17.7 Å².